The molecule has 0 aromatic heterocycles. The van der Waals surface area contributed by atoms with Crippen LogP contribution in [0.2, 0.25) is 0 Å². The van der Waals surface area contributed by atoms with Gasteiger partial charge in [0.2, 0.25) is 0 Å². The van der Waals surface area contributed by atoms with Crippen molar-refractivity contribution < 1.29 is 24.2 Å². The van der Waals surface area contributed by atoms with Gasteiger partial charge in [0.1, 0.15) is 6.10 Å². The van der Waals surface area contributed by atoms with E-state index >= 15 is 0 Å². The van der Waals surface area contributed by atoms with Crippen LogP contribution >= 0.6 is 0 Å². The van der Waals surface area contributed by atoms with E-state index in [9.17, 15) is 14.7 Å². The Hall–Kier alpha value is -1.98. The maximum absolute atomic E-state index is 11.8. The van der Waals surface area contributed by atoms with Crippen molar-refractivity contribution in [2.75, 3.05) is 19.8 Å². The Kier molecular flexibility index (Phi) is 9.65. The predicted molar refractivity (Wildman–Crippen MR) is 92.4 cm³/mol. The molecular formula is C19H26O5. The van der Waals surface area contributed by atoms with Gasteiger partial charge in [0.05, 0.1) is 19.8 Å². The lowest BCUT2D eigenvalue weighted by atomic mass is 10.1. The van der Waals surface area contributed by atoms with Crippen molar-refractivity contribution in [3.63, 3.8) is 0 Å². The van der Waals surface area contributed by atoms with E-state index in [0.717, 1.165) is 11.1 Å². The van der Waals surface area contributed by atoms with Gasteiger partial charge in [-0.25, -0.2) is 4.79 Å². The first-order valence-electron chi connectivity index (χ1n) is 8.09. The summed E-state index contributed by atoms with van der Waals surface area (Å²) in [5.41, 5.74) is 1.83. The summed E-state index contributed by atoms with van der Waals surface area (Å²) in [6, 6.07) is 0. The number of esters is 1. The fourth-order valence-electron chi connectivity index (χ4n) is 2.12. The standard InChI is InChI=1S/C19H26O5/c1-15-6-5-8-19(22)24-18(14-20)13-16(2)9-11-23-10-4-3-7-17(21)12-15/h3,5-9,18,20H,4,10-14H2,1-2H3/b7-3+,8-5+,15-6-,16-9+/t18-/m1/s1. The zero-order chi connectivity index (χ0) is 17.8. The minimum Gasteiger partial charge on any atom is -0.456 e. The molecule has 1 rings (SSSR count). The zero-order valence-electron chi connectivity index (χ0n) is 14.4. The molecule has 0 radical (unpaired) electrons. The summed E-state index contributed by atoms with van der Waals surface area (Å²) in [6.45, 7) is 4.47. The van der Waals surface area contributed by atoms with Crippen LogP contribution in [-0.4, -0.2) is 42.8 Å². The molecule has 0 unspecified atom stereocenters. The third kappa shape index (κ3) is 9.22. The highest BCUT2D eigenvalue weighted by Gasteiger charge is 2.12. The molecule has 1 heterocycles. The number of hydrogen-bond acceptors (Lipinski definition) is 5. The number of ether oxygens (including phenoxy) is 2. The first-order chi connectivity index (χ1) is 11.5. The van der Waals surface area contributed by atoms with Crippen LogP contribution < -0.4 is 0 Å². The number of cyclic esters (lactones) is 1. The molecule has 0 amide bonds. The van der Waals surface area contributed by atoms with Crippen LogP contribution in [0.3, 0.4) is 0 Å². The number of ketones is 1. The van der Waals surface area contributed by atoms with Gasteiger partial charge in [-0.1, -0.05) is 35.5 Å². The number of carbonyl (C=O) groups excluding carboxylic acids is 2. The van der Waals surface area contributed by atoms with Crippen molar-refractivity contribution in [2.24, 2.45) is 0 Å². The van der Waals surface area contributed by atoms with E-state index in [4.69, 9.17) is 9.47 Å². The predicted octanol–water partition coefficient (Wildman–Crippen LogP) is 2.67. The van der Waals surface area contributed by atoms with E-state index in [1.165, 1.54) is 6.08 Å². The average molecular weight is 334 g/mol. The van der Waals surface area contributed by atoms with Crippen molar-refractivity contribution in [3.05, 3.63) is 47.6 Å². The molecular weight excluding hydrogens is 308 g/mol. The minimum absolute atomic E-state index is 0.0110. The van der Waals surface area contributed by atoms with E-state index in [2.05, 4.69) is 0 Å². The number of rotatable bonds is 1. The van der Waals surface area contributed by atoms with Crippen LogP contribution in [0.5, 0.6) is 0 Å². The number of carbonyl (C=O) groups is 2. The van der Waals surface area contributed by atoms with Crippen LogP contribution in [0.25, 0.3) is 0 Å². The second-order valence-electron chi connectivity index (χ2n) is 5.78. The highest BCUT2D eigenvalue weighted by Crippen LogP contribution is 2.09. The van der Waals surface area contributed by atoms with Crippen molar-refractivity contribution >= 4 is 11.8 Å². The lowest BCUT2D eigenvalue weighted by Crippen LogP contribution is -2.21. The molecule has 1 N–H and O–H groups in total. The van der Waals surface area contributed by atoms with Gasteiger partial charge in [-0.15, -0.1) is 0 Å². The molecule has 0 bridgehead atoms. The molecule has 0 aromatic rings. The number of aliphatic hydroxyl groups is 1. The Bertz CT molecular complexity index is 540. The van der Waals surface area contributed by atoms with Crippen LogP contribution in [0, 0.1) is 0 Å². The normalized spacial score (nSPS) is 29.2. The fourth-order valence-corrected chi connectivity index (χ4v) is 2.12. The lowest BCUT2D eigenvalue weighted by Gasteiger charge is -2.14. The summed E-state index contributed by atoms with van der Waals surface area (Å²) in [4.78, 5) is 23.5. The molecule has 0 saturated heterocycles. The lowest BCUT2D eigenvalue weighted by molar-refractivity contribution is -0.144. The summed E-state index contributed by atoms with van der Waals surface area (Å²) >= 11 is 0. The molecule has 5 heteroatoms. The Morgan fingerprint density at radius 2 is 2.00 bits per heavy atom. The van der Waals surface area contributed by atoms with E-state index in [-0.39, 0.29) is 12.4 Å². The second kappa shape index (κ2) is 11.5. The minimum atomic E-state index is -0.577. The largest absolute Gasteiger partial charge is 0.456 e. The molecule has 0 saturated carbocycles. The first-order valence-corrected chi connectivity index (χ1v) is 8.09. The Morgan fingerprint density at radius 1 is 1.21 bits per heavy atom. The Labute approximate surface area is 143 Å². The first kappa shape index (κ1) is 20.1. The van der Waals surface area contributed by atoms with Crippen molar-refractivity contribution in [2.45, 2.75) is 39.2 Å². The monoisotopic (exact) mass is 334 g/mol. The summed E-state index contributed by atoms with van der Waals surface area (Å²) in [6.07, 6.45) is 10.7. The maximum Gasteiger partial charge on any atom is 0.331 e. The molecule has 24 heavy (non-hydrogen) atoms. The summed E-state index contributed by atoms with van der Waals surface area (Å²) < 4.78 is 10.7. The van der Waals surface area contributed by atoms with Gasteiger partial charge in [-0.3, -0.25) is 4.79 Å². The molecule has 1 aliphatic rings. The summed E-state index contributed by atoms with van der Waals surface area (Å²) in [5.74, 6) is -0.508. The molecule has 0 fully saturated rings. The smallest absolute Gasteiger partial charge is 0.331 e. The quantitative estimate of drug-likeness (QED) is 0.589. The number of aliphatic hydroxyl groups excluding tert-OH is 1. The summed E-state index contributed by atoms with van der Waals surface area (Å²) in [7, 11) is 0. The van der Waals surface area contributed by atoms with E-state index in [0.29, 0.717) is 32.5 Å². The van der Waals surface area contributed by atoms with Gasteiger partial charge in [0, 0.05) is 18.9 Å². The van der Waals surface area contributed by atoms with Gasteiger partial charge in [-0.05, 0) is 26.3 Å². The second-order valence-corrected chi connectivity index (χ2v) is 5.78. The Balaban J connectivity index is 2.79. The average Bonchev–Trinajstić information content (AvgIpc) is 2.52. The molecule has 0 aromatic carbocycles. The number of allylic oxidation sites excluding steroid dienone is 4. The van der Waals surface area contributed by atoms with Gasteiger partial charge in [0.25, 0.3) is 0 Å². The summed E-state index contributed by atoms with van der Waals surface area (Å²) in [5, 5.41) is 9.34. The Morgan fingerprint density at radius 3 is 2.75 bits per heavy atom. The van der Waals surface area contributed by atoms with Gasteiger partial charge in [0.15, 0.2) is 5.78 Å². The molecule has 0 spiro atoms. The van der Waals surface area contributed by atoms with Crippen LogP contribution in [0.4, 0.5) is 0 Å². The molecule has 132 valence electrons. The van der Waals surface area contributed by atoms with Crippen LogP contribution in [0.15, 0.2) is 47.6 Å². The number of hydrogen-bond donors (Lipinski definition) is 1. The molecule has 5 nitrogen and oxygen atoms in total. The maximum atomic E-state index is 11.8. The molecule has 0 aliphatic carbocycles. The van der Waals surface area contributed by atoms with Crippen molar-refractivity contribution in [1.29, 1.82) is 0 Å². The van der Waals surface area contributed by atoms with Gasteiger partial charge in [-0.2, -0.15) is 0 Å². The van der Waals surface area contributed by atoms with E-state index < -0.39 is 12.1 Å². The highest BCUT2D eigenvalue weighted by atomic mass is 16.5. The molecule has 1 atom stereocenters. The van der Waals surface area contributed by atoms with Crippen LogP contribution in [0.1, 0.15) is 33.1 Å². The van der Waals surface area contributed by atoms with Crippen molar-refractivity contribution in [1.82, 2.24) is 0 Å². The van der Waals surface area contributed by atoms with Gasteiger partial charge >= 0.3 is 5.97 Å². The highest BCUT2D eigenvalue weighted by molar-refractivity contribution is 5.91. The van der Waals surface area contributed by atoms with Crippen LogP contribution in [-0.2, 0) is 19.1 Å². The van der Waals surface area contributed by atoms with Crippen molar-refractivity contribution in [3.8, 4) is 0 Å². The zero-order valence-corrected chi connectivity index (χ0v) is 14.4. The topological polar surface area (TPSA) is 72.8 Å². The van der Waals surface area contributed by atoms with Gasteiger partial charge < -0.3 is 14.6 Å². The third-order valence-electron chi connectivity index (χ3n) is 3.38. The molecule has 1 aliphatic heterocycles. The fraction of sp³-hybridized carbons (Fsp3) is 0.474. The third-order valence-corrected chi connectivity index (χ3v) is 3.38. The van der Waals surface area contributed by atoms with E-state index in [1.807, 2.05) is 26.0 Å². The SMILES string of the molecule is C/C1=C/C=C/C(=O)O[C@@H](CO)C/C(C)=C/COCC/C=C/C(=O)C1. The van der Waals surface area contributed by atoms with E-state index in [1.54, 1.807) is 18.2 Å².